The van der Waals surface area contributed by atoms with Gasteiger partial charge in [0.05, 0.1) is 0 Å². The number of fused-ring (bicyclic) bond motifs is 2. The van der Waals surface area contributed by atoms with Crippen LogP contribution < -0.4 is 0 Å². The second kappa shape index (κ2) is 7.14. The van der Waals surface area contributed by atoms with Crippen molar-refractivity contribution in [2.24, 2.45) is 0 Å². The van der Waals surface area contributed by atoms with Gasteiger partial charge in [-0.1, -0.05) is 67.3 Å². The van der Waals surface area contributed by atoms with Gasteiger partial charge in [0.2, 0.25) is 0 Å². The van der Waals surface area contributed by atoms with E-state index in [1.807, 2.05) is 0 Å². The SMILES string of the molecule is [C]#CCCCCCCc1c2ccccc2cc2ccccc12. The fraction of sp³-hybridized carbons (Fsp3) is 0.273. The summed E-state index contributed by atoms with van der Waals surface area (Å²) in [4.78, 5) is 0. The Hall–Kier alpha value is -2.26. The zero-order valence-corrected chi connectivity index (χ0v) is 12.9. The van der Waals surface area contributed by atoms with Crippen molar-refractivity contribution in [1.29, 1.82) is 0 Å². The average molecular weight is 285 g/mol. The Morgan fingerprint density at radius 3 is 1.95 bits per heavy atom. The molecule has 0 aliphatic heterocycles. The molecule has 0 fully saturated rings. The molecule has 0 saturated heterocycles. The lowest BCUT2D eigenvalue weighted by atomic mass is 9.93. The first-order valence-electron chi connectivity index (χ1n) is 8.19. The summed E-state index contributed by atoms with van der Waals surface area (Å²) in [5.41, 5.74) is 1.49. The topological polar surface area (TPSA) is 0 Å². The molecule has 0 nitrogen and oxygen atoms in total. The largest absolute Gasteiger partial charge is 0.0891 e. The van der Waals surface area contributed by atoms with Crippen molar-refractivity contribution in [3.05, 3.63) is 66.6 Å². The highest BCUT2D eigenvalue weighted by Crippen LogP contribution is 2.29. The molecule has 0 atom stereocenters. The molecule has 3 rings (SSSR count). The number of benzene rings is 3. The van der Waals surface area contributed by atoms with E-state index >= 15 is 0 Å². The van der Waals surface area contributed by atoms with E-state index in [-0.39, 0.29) is 0 Å². The molecule has 0 aromatic heterocycles. The molecule has 0 spiro atoms. The fourth-order valence-electron chi connectivity index (χ4n) is 3.25. The van der Waals surface area contributed by atoms with Gasteiger partial charge >= 0.3 is 0 Å². The maximum Gasteiger partial charge on any atom is 0.00989 e. The molecule has 0 N–H and O–H groups in total. The molecule has 0 heterocycles. The summed E-state index contributed by atoms with van der Waals surface area (Å²) in [5, 5.41) is 5.48. The molecule has 0 aliphatic carbocycles. The first-order valence-corrected chi connectivity index (χ1v) is 8.19. The number of hydrogen-bond acceptors (Lipinski definition) is 0. The van der Waals surface area contributed by atoms with Crippen LogP contribution in [-0.4, -0.2) is 0 Å². The Bertz CT molecular complexity index is 751. The summed E-state index contributed by atoms with van der Waals surface area (Å²) in [6.45, 7) is 0. The molecule has 109 valence electrons. The van der Waals surface area contributed by atoms with Crippen molar-refractivity contribution in [3.8, 4) is 5.92 Å². The number of unbranched alkanes of at least 4 members (excludes halogenated alkanes) is 4. The van der Waals surface area contributed by atoms with Gasteiger partial charge in [-0.15, -0.1) is 0 Å². The Morgan fingerprint density at radius 2 is 1.32 bits per heavy atom. The molecule has 0 heteroatoms. The lowest BCUT2D eigenvalue weighted by molar-refractivity contribution is 0.652. The lowest BCUT2D eigenvalue weighted by Crippen LogP contribution is -1.91. The van der Waals surface area contributed by atoms with Crippen molar-refractivity contribution in [2.75, 3.05) is 0 Å². The predicted molar refractivity (Wildman–Crippen MR) is 95.4 cm³/mol. The van der Waals surface area contributed by atoms with Gasteiger partial charge in [-0.25, -0.2) is 0 Å². The molecule has 3 aromatic rings. The van der Waals surface area contributed by atoms with Crippen LogP contribution in [0, 0.1) is 12.3 Å². The van der Waals surface area contributed by atoms with Gasteiger partial charge in [-0.3, -0.25) is 0 Å². The van der Waals surface area contributed by atoms with Crippen LogP contribution in [0.4, 0.5) is 0 Å². The molecule has 0 amide bonds. The van der Waals surface area contributed by atoms with E-state index in [0.717, 1.165) is 19.3 Å². The van der Waals surface area contributed by atoms with E-state index in [2.05, 4.69) is 60.5 Å². The molecule has 3 aromatic carbocycles. The van der Waals surface area contributed by atoms with E-state index in [1.165, 1.54) is 46.4 Å². The summed E-state index contributed by atoms with van der Waals surface area (Å²) in [7, 11) is 0. The van der Waals surface area contributed by atoms with Crippen LogP contribution in [0.1, 0.15) is 37.7 Å². The predicted octanol–water partition coefficient (Wildman–Crippen LogP) is 6.08. The Morgan fingerprint density at radius 1 is 0.727 bits per heavy atom. The first kappa shape index (κ1) is 14.7. The number of hydrogen-bond donors (Lipinski definition) is 0. The van der Waals surface area contributed by atoms with Crippen LogP contribution in [0.2, 0.25) is 0 Å². The van der Waals surface area contributed by atoms with Crippen LogP contribution in [-0.2, 0) is 6.42 Å². The summed E-state index contributed by atoms with van der Waals surface area (Å²) in [6, 6.07) is 19.7. The van der Waals surface area contributed by atoms with Crippen LogP contribution in [0.5, 0.6) is 0 Å². The van der Waals surface area contributed by atoms with Crippen LogP contribution in [0.25, 0.3) is 21.5 Å². The first-order chi connectivity index (χ1) is 10.9. The van der Waals surface area contributed by atoms with Gasteiger partial charge in [-0.2, -0.15) is 0 Å². The third kappa shape index (κ3) is 3.15. The van der Waals surface area contributed by atoms with E-state index in [4.69, 9.17) is 6.42 Å². The average Bonchev–Trinajstić information content (AvgIpc) is 2.57. The highest BCUT2D eigenvalue weighted by atomic mass is 14.1. The van der Waals surface area contributed by atoms with E-state index in [9.17, 15) is 0 Å². The van der Waals surface area contributed by atoms with E-state index in [0.29, 0.717) is 0 Å². The Balaban J connectivity index is 1.87. The van der Waals surface area contributed by atoms with Crippen LogP contribution in [0.15, 0.2) is 54.6 Å². The standard InChI is InChI=1S/C22H21/c1-2-3-4-5-6-7-16-22-20-14-10-8-12-18(20)17-19-13-9-11-15-21(19)22/h8-15,17H,3-7,16H2. The van der Waals surface area contributed by atoms with Crippen LogP contribution >= 0.6 is 0 Å². The Kier molecular flexibility index (Phi) is 4.76. The van der Waals surface area contributed by atoms with Crippen molar-refractivity contribution in [1.82, 2.24) is 0 Å². The summed E-state index contributed by atoms with van der Waals surface area (Å²) in [5.74, 6) is 2.47. The van der Waals surface area contributed by atoms with Crippen molar-refractivity contribution in [3.63, 3.8) is 0 Å². The van der Waals surface area contributed by atoms with Gasteiger partial charge in [0.1, 0.15) is 0 Å². The molecule has 22 heavy (non-hydrogen) atoms. The van der Waals surface area contributed by atoms with Gasteiger partial charge in [0.15, 0.2) is 0 Å². The van der Waals surface area contributed by atoms with E-state index in [1.54, 1.807) is 0 Å². The van der Waals surface area contributed by atoms with Crippen molar-refractivity contribution < 1.29 is 0 Å². The zero-order valence-electron chi connectivity index (χ0n) is 12.9. The van der Waals surface area contributed by atoms with Gasteiger partial charge in [0, 0.05) is 6.42 Å². The van der Waals surface area contributed by atoms with Crippen LogP contribution in [0.3, 0.4) is 0 Å². The minimum Gasteiger partial charge on any atom is -0.0891 e. The number of aryl methyl sites for hydroxylation is 1. The van der Waals surface area contributed by atoms with Crippen molar-refractivity contribution in [2.45, 2.75) is 38.5 Å². The van der Waals surface area contributed by atoms with Crippen molar-refractivity contribution >= 4 is 21.5 Å². The maximum atomic E-state index is 6.95. The zero-order chi connectivity index (χ0) is 15.2. The second-order valence-corrected chi connectivity index (χ2v) is 5.89. The maximum absolute atomic E-state index is 6.95. The number of rotatable bonds is 6. The molecular formula is C22H21. The summed E-state index contributed by atoms with van der Waals surface area (Å²) >= 11 is 0. The molecular weight excluding hydrogens is 264 g/mol. The normalized spacial score (nSPS) is 10.9. The lowest BCUT2D eigenvalue weighted by Gasteiger charge is -2.11. The minimum absolute atomic E-state index is 0.803. The highest BCUT2D eigenvalue weighted by Gasteiger charge is 2.06. The molecule has 0 unspecified atom stereocenters. The van der Waals surface area contributed by atoms with E-state index < -0.39 is 0 Å². The van der Waals surface area contributed by atoms with Gasteiger partial charge in [0.25, 0.3) is 0 Å². The molecule has 0 aliphatic rings. The quantitative estimate of drug-likeness (QED) is 0.293. The third-order valence-electron chi connectivity index (χ3n) is 4.36. The summed E-state index contributed by atoms with van der Waals surface area (Å²) < 4.78 is 0. The smallest absolute Gasteiger partial charge is 0.00989 e. The second-order valence-electron chi connectivity index (χ2n) is 5.89. The highest BCUT2D eigenvalue weighted by molar-refractivity contribution is 6.02. The van der Waals surface area contributed by atoms with Gasteiger partial charge < -0.3 is 0 Å². The third-order valence-corrected chi connectivity index (χ3v) is 4.36. The fourth-order valence-corrected chi connectivity index (χ4v) is 3.25. The Labute approximate surface area is 133 Å². The molecule has 0 saturated carbocycles. The minimum atomic E-state index is 0.803. The molecule has 0 bridgehead atoms. The van der Waals surface area contributed by atoms with Gasteiger partial charge in [-0.05, 0) is 58.9 Å². The monoisotopic (exact) mass is 285 g/mol. The summed E-state index contributed by atoms with van der Waals surface area (Å²) in [6.07, 6.45) is 13.6. The molecule has 1 radical (unpaired) electrons.